The maximum absolute atomic E-state index is 10.1. The van der Waals surface area contributed by atoms with Gasteiger partial charge in [0.05, 0.1) is 0 Å². The van der Waals surface area contributed by atoms with Crippen LogP contribution < -0.4 is 5.73 Å². The smallest absolute Gasteiger partial charge is 0.330 e. The van der Waals surface area contributed by atoms with Crippen molar-refractivity contribution in [3.05, 3.63) is 0 Å². The summed E-state index contributed by atoms with van der Waals surface area (Å²) in [5.41, 5.74) is 5.21. The van der Waals surface area contributed by atoms with Crippen molar-refractivity contribution in [3.63, 3.8) is 0 Å². The van der Waals surface area contributed by atoms with E-state index >= 15 is 0 Å². The predicted molar refractivity (Wildman–Crippen MR) is 37.6 cm³/mol. The molecule has 0 aliphatic carbocycles. The maximum atomic E-state index is 10.1. The molecular formula is C5H13NO2P+. The van der Waals surface area contributed by atoms with Crippen LogP contribution in [-0.4, -0.2) is 17.6 Å². The van der Waals surface area contributed by atoms with Crippen LogP contribution in [-0.2, 0) is 4.57 Å². The van der Waals surface area contributed by atoms with Gasteiger partial charge in [-0.05, 0) is 30.4 Å². The average Bonchev–Trinajstić information content (AvgIpc) is 1.80. The topological polar surface area (TPSA) is 63.3 Å². The third-order valence-electron chi connectivity index (χ3n) is 1.05. The Morgan fingerprint density at radius 3 is 2.44 bits per heavy atom. The van der Waals surface area contributed by atoms with Crippen LogP contribution in [0.4, 0.5) is 0 Å². The summed E-state index contributed by atoms with van der Waals surface area (Å²) in [6, 6.07) is 0. The lowest BCUT2D eigenvalue weighted by molar-refractivity contribution is 0.499. The van der Waals surface area contributed by atoms with Gasteiger partial charge in [-0.1, -0.05) is 0 Å². The van der Waals surface area contributed by atoms with Gasteiger partial charge in [-0.25, -0.2) is 0 Å². The maximum Gasteiger partial charge on any atom is 0.505 e. The minimum atomic E-state index is -1.91. The molecule has 54 valence electrons. The van der Waals surface area contributed by atoms with E-state index < -0.39 is 8.03 Å². The van der Waals surface area contributed by atoms with Gasteiger partial charge in [0.1, 0.15) is 0 Å². The highest BCUT2D eigenvalue weighted by Gasteiger charge is 2.06. The summed E-state index contributed by atoms with van der Waals surface area (Å²) >= 11 is 0. The number of unbranched alkanes of at least 4 members (excludes halogenated alkanes) is 2. The standard InChI is InChI=1S/C5H12NO2P/c6-4-2-1-3-5-9(7)8/h1-6H2/p+1. The molecule has 0 aliphatic rings. The molecule has 0 bridgehead atoms. The molecule has 0 saturated carbocycles. The molecule has 0 aliphatic heterocycles. The van der Waals surface area contributed by atoms with E-state index in [4.69, 9.17) is 10.6 Å². The Hall–Kier alpha value is 0.0200. The molecule has 3 nitrogen and oxygen atoms in total. The van der Waals surface area contributed by atoms with Gasteiger partial charge in [-0.3, -0.25) is 0 Å². The quantitative estimate of drug-likeness (QED) is 0.451. The molecule has 0 saturated heterocycles. The number of hydrogen-bond donors (Lipinski definition) is 2. The highest BCUT2D eigenvalue weighted by atomic mass is 31.1. The minimum absolute atomic E-state index is 0.426. The monoisotopic (exact) mass is 150 g/mol. The second-order valence-corrected chi connectivity index (χ2v) is 3.08. The Bertz CT molecular complexity index is 87.0. The lowest BCUT2D eigenvalue weighted by Crippen LogP contribution is -1.97. The molecule has 0 rings (SSSR count). The molecule has 0 aromatic heterocycles. The Balaban J connectivity index is 2.83. The second kappa shape index (κ2) is 6.14. The Morgan fingerprint density at radius 2 is 2.00 bits per heavy atom. The Labute approximate surface area is 56.1 Å². The summed E-state index contributed by atoms with van der Waals surface area (Å²) in [4.78, 5) is 8.33. The largest absolute Gasteiger partial charge is 0.505 e. The molecule has 1 atom stereocenters. The van der Waals surface area contributed by atoms with Crippen molar-refractivity contribution in [2.45, 2.75) is 19.3 Å². The summed E-state index contributed by atoms with van der Waals surface area (Å²) in [5.74, 6) is 0. The Morgan fingerprint density at radius 1 is 1.33 bits per heavy atom. The number of hydrogen-bond acceptors (Lipinski definition) is 2. The highest BCUT2D eigenvalue weighted by molar-refractivity contribution is 7.37. The van der Waals surface area contributed by atoms with Crippen molar-refractivity contribution >= 4 is 8.03 Å². The fourth-order valence-electron chi connectivity index (χ4n) is 0.568. The van der Waals surface area contributed by atoms with E-state index in [1.165, 1.54) is 0 Å². The van der Waals surface area contributed by atoms with Crippen LogP contribution in [0.3, 0.4) is 0 Å². The fourth-order valence-corrected chi connectivity index (χ4v) is 1.06. The molecule has 3 N–H and O–H groups in total. The average molecular weight is 150 g/mol. The molecule has 0 amide bonds. The second-order valence-electron chi connectivity index (χ2n) is 1.93. The molecule has 0 aromatic carbocycles. The van der Waals surface area contributed by atoms with Crippen LogP contribution in [0.2, 0.25) is 0 Å². The van der Waals surface area contributed by atoms with Gasteiger partial charge >= 0.3 is 8.03 Å². The van der Waals surface area contributed by atoms with Crippen LogP contribution >= 0.6 is 8.03 Å². The van der Waals surface area contributed by atoms with Gasteiger partial charge in [0, 0.05) is 0 Å². The lowest BCUT2D eigenvalue weighted by Gasteiger charge is -1.88. The number of rotatable bonds is 5. The molecule has 0 spiro atoms. The zero-order valence-corrected chi connectivity index (χ0v) is 6.31. The van der Waals surface area contributed by atoms with Crippen LogP contribution in [0.15, 0.2) is 0 Å². The van der Waals surface area contributed by atoms with Crippen molar-refractivity contribution in [1.29, 1.82) is 0 Å². The molecule has 0 fully saturated rings. The van der Waals surface area contributed by atoms with E-state index in [0.29, 0.717) is 12.7 Å². The molecular weight excluding hydrogens is 137 g/mol. The molecule has 4 heteroatoms. The lowest BCUT2D eigenvalue weighted by atomic mass is 10.2. The normalized spacial score (nSPS) is 11.6. The van der Waals surface area contributed by atoms with E-state index in [-0.39, 0.29) is 0 Å². The first-order valence-corrected chi connectivity index (χ1v) is 4.50. The first-order valence-electron chi connectivity index (χ1n) is 3.11. The van der Waals surface area contributed by atoms with Gasteiger partial charge < -0.3 is 5.73 Å². The molecule has 1 unspecified atom stereocenters. The highest BCUT2D eigenvalue weighted by Crippen LogP contribution is 2.15. The fraction of sp³-hybridized carbons (Fsp3) is 1.00. The van der Waals surface area contributed by atoms with E-state index in [0.717, 1.165) is 19.3 Å². The third-order valence-corrected chi connectivity index (χ3v) is 1.75. The zero-order chi connectivity index (χ0) is 7.11. The van der Waals surface area contributed by atoms with Crippen molar-refractivity contribution in [2.75, 3.05) is 12.7 Å². The summed E-state index contributed by atoms with van der Waals surface area (Å²) in [5, 5.41) is 0. The van der Waals surface area contributed by atoms with E-state index in [1.807, 2.05) is 0 Å². The summed E-state index contributed by atoms with van der Waals surface area (Å²) in [6.45, 7) is 0.683. The summed E-state index contributed by atoms with van der Waals surface area (Å²) in [7, 11) is -1.91. The van der Waals surface area contributed by atoms with Crippen molar-refractivity contribution in [2.24, 2.45) is 5.73 Å². The van der Waals surface area contributed by atoms with Gasteiger partial charge in [0.15, 0.2) is 6.16 Å². The van der Waals surface area contributed by atoms with Crippen LogP contribution in [0, 0.1) is 0 Å². The third kappa shape index (κ3) is 8.02. The van der Waals surface area contributed by atoms with Crippen molar-refractivity contribution in [1.82, 2.24) is 0 Å². The predicted octanol–water partition coefficient (Wildman–Crippen LogP) is 0.850. The van der Waals surface area contributed by atoms with Gasteiger partial charge in [-0.15, -0.1) is 0 Å². The van der Waals surface area contributed by atoms with Gasteiger partial charge in [0.2, 0.25) is 0 Å². The summed E-state index contributed by atoms with van der Waals surface area (Å²) in [6.07, 6.45) is 3.18. The summed E-state index contributed by atoms with van der Waals surface area (Å²) < 4.78 is 10.1. The SMILES string of the molecule is NCCCCC[P+](=O)O. The van der Waals surface area contributed by atoms with E-state index in [9.17, 15) is 4.57 Å². The first kappa shape index (κ1) is 9.02. The molecule has 0 radical (unpaired) electrons. The Kier molecular flexibility index (Phi) is 6.16. The van der Waals surface area contributed by atoms with E-state index in [2.05, 4.69) is 0 Å². The first-order chi connectivity index (χ1) is 4.27. The number of nitrogens with two attached hydrogens (primary N) is 1. The van der Waals surface area contributed by atoms with Crippen LogP contribution in [0.5, 0.6) is 0 Å². The zero-order valence-electron chi connectivity index (χ0n) is 5.42. The molecule has 9 heavy (non-hydrogen) atoms. The molecule has 0 aromatic rings. The van der Waals surface area contributed by atoms with Crippen LogP contribution in [0.1, 0.15) is 19.3 Å². The molecule has 0 heterocycles. The van der Waals surface area contributed by atoms with E-state index in [1.54, 1.807) is 0 Å². The van der Waals surface area contributed by atoms with Gasteiger partial charge in [-0.2, -0.15) is 4.89 Å². The minimum Gasteiger partial charge on any atom is -0.330 e. The van der Waals surface area contributed by atoms with Crippen molar-refractivity contribution in [3.8, 4) is 0 Å². The van der Waals surface area contributed by atoms with Gasteiger partial charge in [0.25, 0.3) is 0 Å². The van der Waals surface area contributed by atoms with Crippen molar-refractivity contribution < 1.29 is 9.46 Å². The van der Waals surface area contributed by atoms with Crippen LogP contribution in [0.25, 0.3) is 0 Å².